The SMILES string of the molecule is COCCOc1ccc(Nc2nccc(CC(=O)c3cccc(NC(=O)c4c(F)cccc4F)c3)n2)cc1F. The monoisotopic (exact) mass is 536 g/mol. The highest BCUT2D eigenvalue weighted by Crippen LogP contribution is 2.23. The van der Waals surface area contributed by atoms with Gasteiger partial charge in [-0.05, 0) is 42.5 Å². The molecule has 11 heteroatoms. The number of aromatic nitrogens is 2. The first-order valence-electron chi connectivity index (χ1n) is 11.7. The number of ketones is 1. The lowest BCUT2D eigenvalue weighted by Crippen LogP contribution is -2.16. The molecule has 0 fully saturated rings. The lowest BCUT2D eigenvalue weighted by atomic mass is 10.1. The van der Waals surface area contributed by atoms with E-state index in [1.165, 1.54) is 43.6 Å². The molecule has 2 N–H and O–H groups in total. The van der Waals surface area contributed by atoms with Crippen molar-refractivity contribution in [3.05, 3.63) is 107 Å². The molecule has 1 aromatic heterocycles. The van der Waals surface area contributed by atoms with Crippen LogP contribution in [0, 0.1) is 17.5 Å². The number of nitrogens with one attached hydrogen (secondary N) is 2. The van der Waals surface area contributed by atoms with Crippen LogP contribution in [-0.2, 0) is 11.2 Å². The minimum Gasteiger partial charge on any atom is -0.488 e. The fourth-order valence-electron chi connectivity index (χ4n) is 3.56. The minimum atomic E-state index is -0.998. The highest BCUT2D eigenvalue weighted by atomic mass is 19.1. The van der Waals surface area contributed by atoms with E-state index in [2.05, 4.69) is 20.6 Å². The first kappa shape index (κ1) is 27.3. The fraction of sp³-hybridized carbons (Fsp3) is 0.143. The molecule has 1 amide bonds. The molecule has 3 aromatic carbocycles. The van der Waals surface area contributed by atoms with Crippen LogP contribution < -0.4 is 15.4 Å². The smallest absolute Gasteiger partial charge is 0.261 e. The number of nitrogens with zero attached hydrogens (tertiary/aromatic N) is 2. The zero-order chi connectivity index (χ0) is 27.8. The van der Waals surface area contributed by atoms with Gasteiger partial charge >= 0.3 is 0 Å². The Morgan fingerprint density at radius 3 is 2.38 bits per heavy atom. The molecule has 0 saturated heterocycles. The quantitative estimate of drug-likeness (QED) is 0.197. The molecule has 4 rings (SSSR count). The van der Waals surface area contributed by atoms with Crippen molar-refractivity contribution in [3.8, 4) is 5.75 Å². The molecule has 0 atom stereocenters. The van der Waals surface area contributed by atoms with E-state index in [1.54, 1.807) is 18.2 Å². The highest BCUT2D eigenvalue weighted by molar-refractivity contribution is 6.05. The number of anilines is 3. The van der Waals surface area contributed by atoms with Gasteiger partial charge in [0.1, 0.15) is 23.8 Å². The third kappa shape index (κ3) is 7.17. The van der Waals surface area contributed by atoms with Gasteiger partial charge in [0.05, 0.1) is 18.7 Å². The van der Waals surface area contributed by atoms with Crippen molar-refractivity contribution in [1.29, 1.82) is 0 Å². The van der Waals surface area contributed by atoms with Gasteiger partial charge in [-0.1, -0.05) is 18.2 Å². The number of ether oxygens (including phenoxy) is 2. The van der Waals surface area contributed by atoms with Crippen molar-refractivity contribution < 1.29 is 32.2 Å². The zero-order valence-electron chi connectivity index (χ0n) is 20.7. The molecule has 4 aromatic rings. The second kappa shape index (κ2) is 12.7. The lowest BCUT2D eigenvalue weighted by Gasteiger charge is -2.10. The van der Waals surface area contributed by atoms with E-state index in [-0.39, 0.29) is 41.8 Å². The summed E-state index contributed by atoms with van der Waals surface area (Å²) in [5, 5.41) is 5.29. The van der Waals surface area contributed by atoms with Crippen LogP contribution in [0.2, 0.25) is 0 Å². The van der Waals surface area contributed by atoms with E-state index in [4.69, 9.17) is 9.47 Å². The number of methoxy groups -OCH3 is 1. The standard InChI is InChI=1S/C28H23F3N4O4/c1-38-12-13-39-25-9-8-19(15-23(25)31)34-28-32-11-10-20(35-28)16-24(36)17-4-2-5-18(14-17)33-27(37)26-21(29)6-3-7-22(26)30/h2-11,14-15H,12-13,16H2,1H3,(H,33,37)(H,32,34,35). The Morgan fingerprint density at radius 2 is 1.64 bits per heavy atom. The largest absolute Gasteiger partial charge is 0.488 e. The highest BCUT2D eigenvalue weighted by Gasteiger charge is 2.18. The van der Waals surface area contributed by atoms with Gasteiger partial charge < -0.3 is 20.1 Å². The third-order valence-corrected chi connectivity index (χ3v) is 5.42. The Kier molecular flexibility index (Phi) is 8.85. The molecule has 0 aliphatic carbocycles. The fourth-order valence-corrected chi connectivity index (χ4v) is 3.56. The topological polar surface area (TPSA) is 102 Å². The predicted octanol–water partition coefficient (Wildman–Crippen LogP) is 5.34. The summed E-state index contributed by atoms with van der Waals surface area (Å²) in [6.45, 7) is 0.532. The molecule has 0 radical (unpaired) electrons. The molecule has 8 nitrogen and oxygen atoms in total. The first-order chi connectivity index (χ1) is 18.8. The van der Waals surface area contributed by atoms with Crippen LogP contribution in [0.3, 0.4) is 0 Å². The molecule has 1 heterocycles. The molecule has 200 valence electrons. The van der Waals surface area contributed by atoms with E-state index >= 15 is 0 Å². The maximum atomic E-state index is 14.3. The molecule has 0 spiro atoms. The predicted molar refractivity (Wildman–Crippen MR) is 138 cm³/mol. The molecule has 0 unspecified atom stereocenters. The summed E-state index contributed by atoms with van der Waals surface area (Å²) < 4.78 is 52.3. The molecule has 0 saturated carbocycles. The zero-order valence-corrected chi connectivity index (χ0v) is 20.7. The Morgan fingerprint density at radius 1 is 0.872 bits per heavy atom. The van der Waals surface area contributed by atoms with Crippen LogP contribution in [0.15, 0.2) is 72.9 Å². The van der Waals surface area contributed by atoms with Crippen molar-refractivity contribution in [2.75, 3.05) is 31.0 Å². The maximum absolute atomic E-state index is 14.3. The van der Waals surface area contributed by atoms with E-state index in [0.29, 0.717) is 18.0 Å². The van der Waals surface area contributed by atoms with Gasteiger partial charge in [-0.3, -0.25) is 9.59 Å². The average Bonchev–Trinajstić information content (AvgIpc) is 2.90. The number of carbonyl (C=O) groups excluding carboxylic acids is 2. The number of rotatable bonds is 11. The summed E-state index contributed by atoms with van der Waals surface area (Å²) >= 11 is 0. The molecule has 39 heavy (non-hydrogen) atoms. The van der Waals surface area contributed by atoms with E-state index in [0.717, 1.165) is 18.2 Å². The summed E-state index contributed by atoms with van der Waals surface area (Å²) in [6.07, 6.45) is 1.35. The normalized spacial score (nSPS) is 10.7. The second-order valence-electron chi connectivity index (χ2n) is 8.21. The molecular weight excluding hydrogens is 513 g/mol. The Bertz CT molecular complexity index is 1480. The number of halogens is 3. The van der Waals surface area contributed by atoms with Crippen LogP contribution >= 0.6 is 0 Å². The van der Waals surface area contributed by atoms with Gasteiger partial charge in [-0.25, -0.2) is 23.1 Å². The van der Waals surface area contributed by atoms with Crippen molar-refractivity contribution in [3.63, 3.8) is 0 Å². The van der Waals surface area contributed by atoms with Crippen LogP contribution in [0.5, 0.6) is 5.75 Å². The van der Waals surface area contributed by atoms with Gasteiger partial charge in [0, 0.05) is 36.3 Å². The Balaban J connectivity index is 1.41. The van der Waals surface area contributed by atoms with Gasteiger partial charge in [0.15, 0.2) is 17.3 Å². The summed E-state index contributed by atoms with van der Waals surface area (Å²) in [7, 11) is 1.52. The lowest BCUT2D eigenvalue weighted by molar-refractivity contribution is 0.0987. The molecule has 0 aliphatic heterocycles. The summed E-state index contributed by atoms with van der Waals surface area (Å²) in [5.41, 5.74) is 0.491. The molecule has 0 aliphatic rings. The maximum Gasteiger partial charge on any atom is 0.261 e. The number of hydrogen-bond acceptors (Lipinski definition) is 7. The number of amides is 1. The number of carbonyl (C=O) groups is 2. The summed E-state index contributed by atoms with van der Waals surface area (Å²) in [6, 6.07) is 14.9. The molecule has 0 bridgehead atoms. The van der Waals surface area contributed by atoms with E-state index < -0.39 is 28.9 Å². The van der Waals surface area contributed by atoms with Gasteiger partial charge in [-0.2, -0.15) is 0 Å². The van der Waals surface area contributed by atoms with Crippen LogP contribution in [-0.4, -0.2) is 42.0 Å². The summed E-state index contributed by atoms with van der Waals surface area (Å²) in [4.78, 5) is 33.7. The third-order valence-electron chi connectivity index (χ3n) is 5.42. The van der Waals surface area contributed by atoms with Crippen LogP contribution in [0.25, 0.3) is 0 Å². The van der Waals surface area contributed by atoms with Crippen molar-refractivity contribution in [2.45, 2.75) is 6.42 Å². The molecular formula is C28H23F3N4O4. The number of Topliss-reactive ketones (excluding diaryl/α,β-unsaturated/α-hetero) is 1. The van der Waals surface area contributed by atoms with Gasteiger partial charge in [0.2, 0.25) is 5.95 Å². The van der Waals surface area contributed by atoms with E-state index in [1.807, 2.05) is 0 Å². The Hall–Kier alpha value is -4.77. The Labute approximate surface area is 221 Å². The first-order valence-corrected chi connectivity index (χ1v) is 11.7. The minimum absolute atomic E-state index is 0.0790. The second-order valence-corrected chi connectivity index (χ2v) is 8.21. The van der Waals surface area contributed by atoms with Crippen molar-refractivity contribution in [2.24, 2.45) is 0 Å². The number of benzene rings is 3. The summed E-state index contributed by atoms with van der Waals surface area (Å²) in [5.74, 6) is -3.64. The van der Waals surface area contributed by atoms with Crippen molar-refractivity contribution in [1.82, 2.24) is 9.97 Å². The number of hydrogen-bond donors (Lipinski definition) is 2. The van der Waals surface area contributed by atoms with Gasteiger partial charge in [-0.15, -0.1) is 0 Å². The van der Waals surface area contributed by atoms with Crippen LogP contribution in [0.4, 0.5) is 30.5 Å². The van der Waals surface area contributed by atoms with Gasteiger partial charge in [0.25, 0.3) is 5.91 Å². The average molecular weight is 537 g/mol. The van der Waals surface area contributed by atoms with Crippen molar-refractivity contribution >= 4 is 29.0 Å². The van der Waals surface area contributed by atoms with E-state index in [9.17, 15) is 22.8 Å². The van der Waals surface area contributed by atoms with Crippen LogP contribution in [0.1, 0.15) is 26.4 Å².